The predicted molar refractivity (Wildman–Crippen MR) is 71.1 cm³/mol. The molecule has 0 unspecified atom stereocenters. The Labute approximate surface area is 109 Å². The zero-order valence-electron chi connectivity index (χ0n) is 10.5. The van der Waals surface area contributed by atoms with Crippen molar-refractivity contribution in [3.05, 3.63) is 54.1 Å². The van der Waals surface area contributed by atoms with E-state index in [9.17, 15) is 4.39 Å². The Kier molecular flexibility index (Phi) is 2.97. The lowest BCUT2D eigenvalue weighted by atomic mass is 10.1. The van der Waals surface area contributed by atoms with Crippen LogP contribution in [-0.2, 0) is 6.54 Å². The summed E-state index contributed by atoms with van der Waals surface area (Å²) in [6.07, 6.45) is 1.89. The lowest BCUT2D eigenvalue weighted by Crippen LogP contribution is -2.04. The molecular weight excluding hydrogens is 243 g/mol. The van der Waals surface area contributed by atoms with Gasteiger partial charge in [0.25, 0.3) is 0 Å². The molecule has 0 aliphatic carbocycles. The molecule has 0 saturated heterocycles. The summed E-state index contributed by atoms with van der Waals surface area (Å²) in [6.45, 7) is 0.704. The molecule has 3 rings (SSSR count). The van der Waals surface area contributed by atoms with Gasteiger partial charge in [-0.05, 0) is 43.4 Å². The smallest absolute Gasteiger partial charge is 0.153 e. The maximum atomic E-state index is 12.9. The molecule has 3 aromatic rings. The number of nitrogens with zero attached hydrogens (tertiary/aromatic N) is 3. The Morgan fingerprint density at radius 3 is 2.68 bits per heavy atom. The van der Waals surface area contributed by atoms with Crippen LogP contribution in [-0.4, -0.2) is 21.6 Å². The molecule has 2 aromatic heterocycles. The SMILES string of the molecule is CNCc1cn2nc(-c3ccc(F)cc3)ccc2n1. The third kappa shape index (κ3) is 2.32. The van der Waals surface area contributed by atoms with Gasteiger partial charge in [0.2, 0.25) is 0 Å². The molecule has 4 nitrogen and oxygen atoms in total. The standard InChI is InChI=1S/C14H13FN4/c1-16-8-12-9-19-14(17-12)7-6-13(18-19)10-2-4-11(15)5-3-10/h2-7,9,16H,8H2,1H3. The van der Waals surface area contributed by atoms with Crippen LogP contribution in [0.2, 0.25) is 0 Å². The Morgan fingerprint density at radius 1 is 1.16 bits per heavy atom. The molecule has 0 amide bonds. The van der Waals surface area contributed by atoms with E-state index in [-0.39, 0.29) is 5.82 Å². The van der Waals surface area contributed by atoms with Crippen LogP contribution in [0.5, 0.6) is 0 Å². The summed E-state index contributed by atoms with van der Waals surface area (Å²) in [5.41, 5.74) is 3.41. The molecule has 5 heteroatoms. The maximum absolute atomic E-state index is 12.9. The number of aromatic nitrogens is 3. The van der Waals surface area contributed by atoms with Crippen molar-refractivity contribution in [2.45, 2.75) is 6.54 Å². The van der Waals surface area contributed by atoms with Crippen molar-refractivity contribution in [1.82, 2.24) is 19.9 Å². The zero-order valence-corrected chi connectivity index (χ0v) is 10.5. The molecule has 0 atom stereocenters. The lowest BCUT2D eigenvalue weighted by Gasteiger charge is -2.01. The van der Waals surface area contributed by atoms with Crippen molar-refractivity contribution >= 4 is 5.65 Å². The van der Waals surface area contributed by atoms with Gasteiger partial charge in [-0.1, -0.05) is 0 Å². The molecule has 0 bridgehead atoms. The molecule has 0 aliphatic rings. The Bertz CT molecular complexity index is 703. The second kappa shape index (κ2) is 4.78. The molecule has 0 fully saturated rings. The maximum Gasteiger partial charge on any atom is 0.153 e. The highest BCUT2D eigenvalue weighted by Crippen LogP contribution is 2.17. The number of rotatable bonds is 3. The zero-order chi connectivity index (χ0) is 13.2. The number of imidazole rings is 1. The molecule has 0 saturated carbocycles. The summed E-state index contributed by atoms with van der Waals surface area (Å²) in [4.78, 5) is 4.43. The monoisotopic (exact) mass is 256 g/mol. The molecule has 1 aromatic carbocycles. The van der Waals surface area contributed by atoms with Crippen LogP contribution < -0.4 is 5.32 Å². The number of nitrogens with one attached hydrogen (secondary N) is 1. The van der Waals surface area contributed by atoms with Gasteiger partial charge >= 0.3 is 0 Å². The van der Waals surface area contributed by atoms with Gasteiger partial charge < -0.3 is 5.32 Å². The molecule has 0 spiro atoms. The quantitative estimate of drug-likeness (QED) is 0.781. The number of fused-ring (bicyclic) bond motifs is 1. The number of hydrogen-bond acceptors (Lipinski definition) is 3. The van der Waals surface area contributed by atoms with Gasteiger partial charge in [-0.3, -0.25) is 0 Å². The normalized spacial score (nSPS) is 11.1. The highest BCUT2D eigenvalue weighted by molar-refractivity contribution is 5.60. The Hall–Kier alpha value is -2.27. The van der Waals surface area contributed by atoms with E-state index in [2.05, 4.69) is 15.4 Å². The summed E-state index contributed by atoms with van der Waals surface area (Å²) in [5.74, 6) is -0.247. The molecule has 0 radical (unpaired) electrons. The fourth-order valence-electron chi connectivity index (χ4n) is 1.97. The highest BCUT2D eigenvalue weighted by Gasteiger charge is 2.05. The molecule has 96 valence electrons. The molecular formula is C14H13FN4. The molecule has 2 heterocycles. The van der Waals surface area contributed by atoms with Gasteiger partial charge in [0, 0.05) is 12.1 Å². The van der Waals surface area contributed by atoms with Crippen molar-refractivity contribution in [2.75, 3.05) is 7.05 Å². The van der Waals surface area contributed by atoms with E-state index in [1.807, 2.05) is 25.4 Å². The van der Waals surface area contributed by atoms with Gasteiger partial charge in [-0.25, -0.2) is 13.9 Å². The molecule has 19 heavy (non-hydrogen) atoms. The summed E-state index contributed by atoms with van der Waals surface area (Å²) in [5, 5.41) is 7.53. The third-order valence-corrected chi connectivity index (χ3v) is 2.87. The second-order valence-electron chi connectivity index (χ2n) is 4.29. The number of benzene rings is 1. The van der Waals surface area contributed by atoms with Crippen LogP contribution in [0.15, 0.2) is 42.6 Å². The second-order valence-corrected chi connectivity index (χ2v) is 4.29. The van der Waals surface area contributed by atoms with Crippen LogP contribution >= 0.6 is 0 Å². The summed E-state index contributed by atoms with van der Waals surface area (Å²) < 4.78 is 14.6. The van der Waals surface area contributed by atoms with E-state index in [0.29, 0.717) is 6.54 Å². The molecule has 0 aliphatic heterocycles. The van der Waals surface area contributed by atoms with Crippen LogP contribution in [0.3, 0.4) is 0 Å². The van der Waals surface area contributed by atoms with Crippen LogP contribution in [0.4, 0.5) is 4.39 Å². The summed E-state index contributed by atoms with van der Waals surface area (Å²) in [6, 6.07) is 10.1. The van der Waals surface area contributed by atoms with Crippen LogP contribution in [0.1, 0.15) is 5.69 Å². The van der Waals surface area contributed by atoms with Gasteiger partial charge in [-0.2, -0.15) is 5.10 Å². The first-order chi connectivity index (χ1) is 9.26. The van der Waals surface area contributed by atoms with Gasteiger partial charge in [0.1, 0.15) is 5.82 Å². The van der Waals surface area contributed by atoms with Gasteiger partial charge in [0.05, 0.1) is 17.6 Å². The first kappa shape index (κ1) is 11.8. The predicted octanol–water partition coefficient (Wildman–Crippen LogP) is 2.25. The van der Waals surface area contributed by atoms with E-state index < -0.39 is 0 Å². The van der Waals surface area contributed by atoms with E-state index in [1.165, 1.54) is 12.1 Å². The van der Waals surface area contributed by atoms with E-state index in [4.69, 9.17) is 0 Å². The average molecular weight is 256 g/mol. The minimum absolute atomic E-state index is 0.247. The molecule has 1 N–H and O–H groups in total. The number of halogens is 1. The Balaban J connectivity index is 2.03. The number of hydrogen-bond donors (Lipinski definition) is 1. The van der Waals surface area contributed by atoms with Crippen LogP contribution in [0, 0.1) is 5.82 Å². The van der Waals surface area contributed by atoms with Crippen molar-refractivity contribution in [1.29, 1.82) is 0 Å². The minimum atomic E-state index is -0.247. The van der Waals surface area contributed by atoms with E-state index in [0.717, 1.165) is 22.6 Å². The third-order valence-electron chi connectivity index (χ3n) is 2.87. The minimum Gasteiger partial charge on any atom is -0.314 e. The summed E-state index contributed by atoms with van der Waals surface area (Å²) >= 11 is 0. The van der Waals surface area contributed by atoms with Crippen molar-refractivity contribution in [3.63, 3.8) is 0 Å². The first-order valence-corrected chi connectivity index (χ1v) is 6.02. The van der Waals surface area contributed by atoms with E-state index >= 15 is 0 Å². The summed E-state index contributed by atoms with van der Waals surface area (Å²) in [7, 11) is 1.88. The lowest BCUT2D eigenvalue weighted by molar-refractivity contribution is 0.628. The topological polar surface area (TPSA) is 42.2 Å². The van der Waals surface area contributed by atoms with Crippen LogP contribution in [0.25, 0.3) is 16.9 Å². The fraction of sp³-hybridized carbons (Fsp3) is 0.143. The Morgan fingerprint density at radius 2 is 1.95 bits per heavy atom. The van der Waals surface area contributed by atoms with E-state index in [1.54, 1.807) is 16.6 Å². The largest absolute Gasteiger partial charge is 0.314 e. The van der Waals surface area contributed by atoms with Crippen molar-refractivity contribution < 1.29 is 4.39 Å². The first-order valence-electron chi connectivity index (χ1n) is 6.02. The van der Waals surface area contributed by atoms with Crippen molar-refractivity contribution in [2.24, 2.45) is 0 Å². The fourth-order valence-corrected chi connectivity index (χ4v) is 1.97. The van der Waals surface area contributed by atoms with Gasteiger partial charge in [-0.15, -0.1) is 0 Å². The van der Waals surface area contributed by atoms with Crippen molar-refractivity contribution in [3.8, 4) is 11.3 Å². The van der Waals surface area contributed by atoms with Gasteiger partial charge in [0.15, 0.2) is 5.65 Å². The highest BCUT2D eigenvalue weighted by atomic mass is 19.1. The average Bonchev–Trinajstić information content (AvgIpc) is 2.81.